The average Bonchev–Trinajstić information content (AvgIpc) is 2.70. The molecule has 2 aromatic rings. The fourth-order valence-electron chi connectivity index (χ4n) is 2.50. The molecule has 0 heterocycles. The predicted octanol–water partition coefficient (Wildman–Crippen LogP) is 0.711. The number of nitrogens with one attached hydrogen (secondary N) is 1. The summed E-state index contributed by atoms with van der Waals surface area (Å²) in [6.45, 7) is 0. The van der Waals surface area contributed by atoms with Crippen LogP contribution in [0.2, 0.25) is 0 Å². The van der Waals surface area contributed by atoms with Crippen LogP contribution in [0.3, 0.4) is 0 Å². The van der Waals surface area contributed by atoms with Gasteiger partial charge in [0.15, 0.2) is 17.5 Å². The summed E-state index contributed by atoms with van der Waals surface area (Å²) in [5.74, 6) is -2.20. The van der Waals surface area contributed by atoms with E-state index in [4.69, 9.17) is 14.2 Å². The van der Waals surface area contributed by atoms with Gasteiger partial charge in [0.2, 0.25) is 0 Å². The maximum Gasteiger partial charge on any atom is 0.333 e. The van der Waals surface area contributed by atoms with E-state index in [1.165, 1.54) is 51.7 Å². The van der Waals surface area contributed by atoms with Crippen LogP contribution < -0.4 is 19.9 Å². The van der Waals surface area contributed by atoms with Gasteiger partial charge in [0.05, 0.1) is 27.3 Å². The van der Waals surface area contributed by atoms with Crippen molar-refractivity contribution in [2.45, 2.75) is 6.04 Å². The maximum atomic E-state index is 12.6. The highest BCUT2D eigenvalue weighted by Crippen LogP contribution is 2.30. The van der Waals surface area contributed by atoms with Crippen LogP contribution in [0.25, 0.3) is 0 Å². The van der Waals surface area contributed by atoms with Gasteiger partial charge in [-0.2, -0.15) is 0 Å². The van der Waals surface area contributed by atoms with Crippen molar-refractivity contribution in [1.82, 2.24) is 5.32 Å². The zero-order chi connectivity index (χ0) is 20.0. The molecule has 0 aliphatic rings. The topological polar surface area (TPSA) is 114 Å². The molecule has 0 aliphatic carbocycles. The average molecular weight is 372 g/mol. The molecule has 2 aromatic carbocycles. The first-order chi connectivity index (χ1) is 12.9. The summed E-state index contributed by atoms with van der Waals surface area (Å²) in [6.07, 6.45) is 0. The van der Waals surface area contributed by atoms with Crippen LogP contribution in [0.5, 0.6) is 11.5 Å². The van der Waals surface area contributed by atoms with E-state index in [2.05, 4.69) is 5.32 Å². The second kappa shape index (κ2) is 8.70. The zero-order valence-electron chi connectivity index (χ0n) is 15.0. The van der Waals surface area contributed by atoms with Gasteiger partial charge in [0.25, 0.3) is 5.91 Å². The van der Waals surface area contributed by atoms with Gasteiger partial charge >= 0.3 is 5.97 Å². The van der Waals surface area contributed by atoms with E-state index in [-0.39, 0.29) is 11.1 Å². The molecule has 0 spiro atoms. The fraction of sp³-hybridized carbons (Fsp3) is 0.211. The standard InChI is InChI=1S/C19H19NO7/c1-25-14-9-8-11(10-15(14)26-2)16(19(24)27-3)20-17(21)12-6-4-5-7-13(12)18(22)23/h4-10,16H,1-3H3,(H,20,21)(H,22,23)/p-1/t16-/m1/s1. The first kappa shape index (κ1) is 19.8. The number of hydrogen-bond acceptors (Lipinski definition) is 7. The molecule has 0 aliphatic heterocycles. The molecule has 0 bridgehead atoms. The third-order valence-electron chi connectivity index (χ3n) is 3.84. The predicted molar refractivity (Wildman–Crippen MR) is 92.5 cm³/mol. The summed E-state index contributed by atoms with van der Waals surface area (Å²) in [4.78, 5) is 36.0. The van der Waals surface area contributed by atoms with Gasteiger partial charge < -0.3 is 29.4 Å². The number of benzene rings is 2. The Hall–Kier alpha value is -3.55. The SMILES string of the molecule is COC(=O)[C@H](NC(=O)c1ccccc1C(=O)[O-])c1ccc(OC)c(OC)c1. The fourth-order valence-corrected chi connectivity index (χ4v) is 2.50. The lowest BCUT2D eigenvalue weighted by atomic mass is 10.0. The number of amides is 1. The summed E-state index contributed by atoms with van der Waals surface area (Å²) in [6, 6.07) is 9.01. The van der Waals surface area contributed by atoms with Gasteiger partial charge in [-0.25, -0.2) is 4.79 Å². The molecule has 1 amide bonds. The van der Waals surface area contributed by atoms with E-state index in [9.17, 15) is 19.5 Å². The van der Waals surface area contributed by atoms with Crippen molar-refractivity contribution in [2.75, 3.05) is 21.3 Å². The van der Waals surface area contributed by atoms with E-state index >= 15 is 0 Å². The number of hydrogen-bond donors (Lipinski definition) is 1. The molecule has 0 radical (unpaired) electrons. The van der Waals surface area contributed by atoms with Crippen molar-refractivity contribution in [3.63, 3.8) is 0 Å². The minimum atomic E-state index is -1.50. The van der Waals surface area contributed by atoms with Crippen LogP contribution >= 0.6 is 0 Å². The Morgan fingerprint density at radius 3 is 2.11 bits per heavy atom. The Labute approximate surface area is 155 Å². The Bertz CT molecular complexity index is 863. The lowest BCUT2D eigenvalue weighted by Crippen LogP contribution is -2.36. The minimum Gasteiger partial charge on any atom is -0.545 e. The zero-order valence-corrected chi connectivity index (χ0v) is 15.0. The van der Waals surface area contributed by atoms with E-state index < -0.39 is 23.9 Å². The van der Waals surface area contributed by atoms with Gasteiger partial charge in [-0.15, -0.1) is 0 Å². The molecule has 142 valence electrons. The molecular formula is C19H18NO7-. The van der Waals surface area contributed by atoms with Crippen molar-refractivity contribution >= 4 is 17.8 Å². The van der Waals surface area contributed by atoms with E-state index in [1.54, 1.807) is 12.1 Å². The highest BCUT2D eigenvalue weighted by atomic mass is 16.5. The van der Waals surface area contributed by atoms with Crippen molar-refractivity contribution in [3.05, 3.63) is 59.2 Å². The smallest absolute Gasteiger partial charge is 0.333 e. The molecule has 0 saturated carbocycles. The maximum absolute atomic E-state index is 12.6. The molecule has 0 unspecified atom stereocenters. The summed E-state index contributed by atoms with van der Waals surface area (Å²) in [7, 11) is 4.08. The second-order valence-electron chi connectivity index (χ2n) is 5.38. The molecular weight excluding hydrogens is 354 g/mol. The number of carboxylic acid groups (broad SMARTS) is 1. The Morgan fingerprint density at radius 1 is 0.926 bits per heavy atom. The highest BCUT2D eigenvalue weighted by Gasteiger charge is 2.26. The monoisotopic (exact) mass is 372 g/mol. The lowest BCUT2D eigenvalue weighted by molar-refractivity contribution is -0.255. The molecule has 0 fully saturated rings. The first-order valence-corrected chi connectivity index (χ1v) is 7.84. The molecule has 1 atom stereocenters. The number of aromatic carboxylic acids is 1. The van der Waals surface area contributed by atoms with E-state index in [1.807, 2.05) is 0 Å². The van der Waals surface area contributed by atoms with Gasteiger partial charge in [-0.05, 0) is 23.8 Å². The number of carbonyl (C=O) groups is 3. The van der Waals surface area contributed by atoms with E-state index in [0.29, 0.717) is 17.1 Å². The summed E-state index contributed by atoms with van der Waals surface area (Å²) < 4.78 is 15.1. The molecule has 0 aromatic heterocycles. The summed E-state index contributed by atoms with van der Waals surface area (Å²) in [5, 5.41) is 13.7. The van der Waals surface area contributed by atoms with Crippen LogP contribution in [0.15, 0.2) is 42.5 Å². The highest BCUT2D eigenvalue weighted by molar-refractivity contribution is 6.05. The third-order valence-corrected chi connectivity index (χ3v) is 3.84. The number of ether oxygens (including phenoxy) is 3. The van der Waals surface area contributed by atoms with Crippen LogP contribution in [-0.4, -0.2) is 39.2 Å². The third kappa shape index (κ3) is 4.35. The quantitative estimate of drug-likeness (QED) is 0.712. The molecule has 1 N–H and O–H groups in total. The van der Waals surface area contributed by atoms with E-state index in [0.717, 1.165) is 0 Å². The van der Waals surface area contributed by atoms with Crippen LogP contribution in [0.4, 0.5) is 0 Å². The van der Waals surface area contributed by atoms with Gasteiger partial charge in [-0.3, -0.25) is 4.79 Å². The number of rotatable bonds is 7. The second-order valence-corrected chi connectivity index (χ2v) is 5.38. The van der Waals surface area contributed by atoms with Crippen molar-refractivity contribution < 1.29 is 33.7 Å². The number of carbonyl (C=O) groups excluding carboxylic acids is 3. The normalized spacial score (nSPS) is 11.2. The van der Waals surface area contributed by atoms with Crippen LogP contribution in [0, 0.1) is 0 Å². The van der Waals surface area contributed by atoms with Crippen molar-refractivity contribution in [1.29, 1.82) is 0 Å². The Balaban J connectivity index is 2.40. The number of methoxy groups -OCH3 is 3. The van der Waals surface area contributed by atoms with Gasteiger partial charge in [-0.1, -0.05) is 24.3 Å². The van der Waals surface area contributed by atoms with Crippen molar-refractivity contribution in [2.24, 2.45) is 0 Å². The van der Waals surface area contributed by atoms with Gasteiger partial charge in [0.1, 0.15) is 0 Å². The summed E-state index contributed by atoms with van der Waals surface area (Å²) in [5.41, 5.74) is -0.0448. The molecule has 2 rings (SSSR count). The van der Waals surface area contributed by atoms with Crippen LogP contribution in [-0.2, 0) is 9.53 Å². The summed E-state index contributed by atoms with van der Waals surface area (Å²) >= 11 is 0. The Kier molecular flexibility index (Phi) is 6.37. The number of esters is 1. The van der Waals surface area contributed by atoms with Gasteiger partial charge in [0, 0.05) is 11.1 Å². The molecule has 8 heteroatoms. The number of carboxylic acids is 1. The first-order valence-electron chi connectivity index (χ1n) is 7.84. The molecule has 8 nitrogen and oxygen atoms in total. The lowest BCUT2D eigenvalue weighted by Gasteiger charge is -2.19. The van der Waals surface area contributed by atoms with Crippen molar-refractivity contribution in [3.8, 4) is 11.5 Å². The largest absolute Gasteiger partial charge is 0.545 e. The minimum absolute atomic E-state index is 0.133. The molecule has 0 saturated heterocycles. The molecule has 27 heavy (non-hydrogen) atoms. The Morgan fingerprint density at radius 2 is 1.56 bits per heavy atom. The van der Waals surface area contributed by atoms with Crippen LogP contribution in [0.1, 0.15) is 32.3 Å².